The first-order chi connectivity index (χ1) is 7.00. The average Bonchev–Trinajstić information content (AvgIpc) is 2.18. The lowest BCUT2D eigenvalue weighted by Gasteiger charge is -2.24. The lowest BCUT2D eigenvalue weighted by molar-refractivity contribution is 0.0298. The zero-order chi connectivity index (χ0) is 11.3. The number of sulfonamides is 1. The van der Waals surface area contributed by atoms with Crippen LogP contribution in [0.4, 0.5) is 0 Å². The van der Waals surface area contributed by atoms with Crippen LogP contribution in [0.1, 0.15) is 12.8 Å². The van der Waals surface area contributed by atoms with E-state index in [0.29, 0.717) is 19.3 Å². The molecule has 6 heteroatoms. The molecule has 1 aliphatic rings. The molecule has 0 amide bonds. The van der Waals surface area contributed by atoms with Crippen molar-refractivity contribution >= 4 is 10.0 Å². The fourth-order valence-electron chi connectivity index (χ4n) is 1.48. The fourth-order valence-corrected chi connectivity index (χ4v) is 1.88. The number of nitrogens with one attached hydrogen (secondary N) is 1. The second-order valence-electron chi connectivity index (χ2n) is 3.90. The molecule has 0 aliphatic carbocycles. The molecule has 0 radical (unpaired) electrons. The van der Waals surface area contributed by atoms with E-state index in [9.17, 15) is 8.42 Å². The molecule has 1 N–H and O–H groups in total. The Hall–Kier alpha value is -0.170. The number of likely N-dealkylation sites (N-methyl/N-ethyl adjacent to an activating group) is 1. The van der Waals surface area contributed by atoms with Crippen LogP contribution in [0.3, 0.4) is 0 Å². The molecule has 90 valence electrons. The lowest BCUT2D eigenvalue weighted by Crippen LogP contribution is -2.35. The van der Waals surface area contributed by atoms with Gasteiger partial charge in [0.05, 0.1) is 19.0 Å². The summed E-state index contributed by atoms with van der Waals surface area (Å²) >= 11 is 0. The van der Waals surface area contributed by atoms with Crippen LogP contribution in [-0.4, -0.2) is 58.4 Å². The van der Waals surface area contributed by atoms with Crippen molar-refractivity contribution in [3.63, 3.8) is 0 Å². The largest absolute Gasteiger partial charge is 0.377 e. The Labute approximate surface area is 91.8 Å². The normalized spacial score (nSPS) is 19.7. The first-order valence-electron chi connectivity index (χ1n) is 5.24. The first-order valence-corrected chi connectivity index (χ1v) is 7.08. The molecule has 1 fully saturated rings. The molecule has 0 spiro atoms. The van der Waals surface area contributed by atoms with Gasteiger partial charge >= 0.3 is 0 Å². The first kappa shape index (κ1) is 12.9. The summed E-state index contributed by atoms with van der Waals surface area (Å²) in [7, 11) is -1.49. The van der Waals surface area contributed by atoms with Crippen molar-refractivity contribution in [3.05, 3.63) is 0 Å². The van der Waals surface area contributed by atoms with Gasteiger partial charge in [-0.2, -0.15) is 0 Å². The van der Waals surface area contributed by atoms with Crippen molar-refractivity contribution in [3.8, 4) is 0 Å². The number of piperidine rings is 1. The molecule has 0 aromatic heterocycles. The maximum atomic E-state index is 11.1. The van der Waals surface area contributed by atoms with E-state index in [1.165, 1.54) is 10.6 Å². The van der Waals surface area contributed by atoms with Crippen LogP contribution in [0, 0.1) is 0 Å². The molecule has 1 heterocycles. The van der Waals surface area contributed by atoms with Gasteiger partial charge in [-0.05, 0) is 25.9 Å². The quantitative estimate of drug-likeness (QED) is 0.708. The highest BCUT2D eigenvalue weighted by Gasteiger charge is 2.15. The Morgan fingerprint density at radius 2 is 2.00 bits per heavy atom. The van der Waals surface area contributed by atoms with E-state index in [-0.39, 0.29) is 0 Å². The van der Waals surface area contributed by atoms with E-state index in [1.54, 1.807) is 7.05 Å². The average molecular weight is 236 g/mol. The van der Waals surface area contributed by atoms with Crippen LogP contribution in [0.5, 0.6) is 0 Å². The summed E-state index contributed by atoms with van der Waals surface area (Å²) < 4.78 is 29.1. The molecular formula is C9H20N2O3S. The Morgan fingerprint density at radius 3 is 2.53 bits per heavy atom. The molecule has 1 rings (SSSR count). The zero-order valence-electron chi connectivity index (χ0n) is 9.40. The minimum absolute atomic E-state index is 0.291. The summed E-state index contributed by atoms with van der Waals surface area (Å²) in [5.41, 5.74) is 0. The monoisotopic (exact) mass is 236 g/mol. The molecular weight excluding hydrogens is 216 g/mol. The van der Waals surface area contributed by atoms with Crippen molar-refractivity contribution < 1.29 is 13.2 Å². The van der Waals surface area contributed by atoms with Crippen LogP contribution in [0.15, 0.2) is 0 Å². The molecule has 0 saturated carbocycles. The zero-order valence-corrected chi connectivity index (χ0v) is 10.2. The van der Waals surface area contributed by atoms with Gasteiger partial charge in [0.1, 0.15) is 0 Å². The van der Waals surface area contributed by atoms with E-state index < -0.39 is 10.0 Å². The van der Waals surface area contributed by atoms with E-state index in [2.05, 4.69) is 5.32 Å². The second-order valence-corrected chi connectivity index (χ2v) is 5.99. The minimum Gasteiger partial charge on any atom is -0.377 e. The molecule has 0 unspecified atom stereocenters. The van der Waals surface area contributed by atoms with E-state index in [4.69, 9.17) is 4.74 Å². The van der Waals surface area contributed by atoms with Crippen molar-refractivity contribution in [2.45, 2.75) is 18.9 Å². The highest BCUT2D eigenvalue weighted by molar-refractivity contribution is 7.88. The third-order valence-corrected chi connectivity index (χ3v) is 3.93. The Morgan fingerprint density at radius 1 is 1.40 bits per heavy atom. The SMILES string of the molecule is CN(CCOC1CCNCC1)S(C)(=O)=O. The summed E-state index contributed by atoms with van der Waals surface area (Å²) in [6.45, 7) is 2.90. The third-order valence-electron chi connectivity index (χ3n) is 2.61. The van der Waals surface area contributed by atoms with Crippen LogP contribution >= 0.6 is 0 Å². The van der Waals surface area contributed by atoms with Crippen molar-refractivity contribution in [1.29, 1.82) is 0 Å². The molecule has 0 atom stereocenters. The second kappa shape index (κ2) is 5.79. The van der Waals surface area contributed by atoms with Gasteiger partial charge < -0.3 is 10.1 Å². The molecule has 0 aromatic carbocycles. The maximum absolute atomic E-state index is 11.1. The minimum atomic E-state index is -3.06. The van der Waals surface area contributed by atoms with Crippen molar-refractivity contribution in [2.75, 3.05) is 39.5 Å². The number of ether oxygens (including phenoxy) is 1. The van der Waals surface area contributed by atoms with Crippen molar-refractivity contribution in [2.24, 2.45) is 0 Å². The number of hydrogen-bond acceptors (Lipinski definition) is 4. The summed E-state index contributed by atoms with van der Waals surface area (Å²) in [4.78, 5) is 0. The smallest absolute Gasteiger partial charge is 0.211 e. The number of rotatable bonds is 5. The summed E-state index contributed by atoms with van der Waals surface area (Å²) in [6.07, 6.45) is 3.53. The van der Waals surface area contributed by atoms with Gasteiger partial charge in [-0.15, -0.1) is 0 Å². The highest BCUT2D eigenvalue weighted by atomic mass is 32.2. The molecule has 1 aliphatic heterocycles. The Bertz CT molecular complexity index is 273. The molecule has 1 saturated heterocycles. The van der Waals surface area contributed by atoms with E-state index in [1.807, 2.05) is 0 Å². The van der Waals surface area contributed by atoms with E-state index >= 15 is 0 Å². The molecule has 5 nitrogen and oxygen atoms in total. The van der Waals surface area contributed by atoms with Gasteiger partial charge in [0, 0.05) is 13.6 Å². The van der Waals surface area contributed by atoms with Gasteiger partial charge in [0.15, 0.2) is 0 Å². The topological polar surface area (TPSA) is 58.6 Å². The summed E-state index contributed by atoms with van der Waals surface area (Å²) in [5, 5.41) is 3.25. The Balaban J connectivity index is 2.15. The summed E-state index contributed by atoms with van der Waals surface area (Å²) in [5.74, 6) is 0. The number of nitrogens with zero attached hydrogens (tertiary/aromatic N) is 1. The van der Waals surface area contributed by atoms with Gasteiger partial charge in [-0.3, -0.25) is 0 Å². The van der Waals surface area contributed by atoms with Gasteiger partial charge in [0.2, 0.25) is 10.0 Å². The standard InChI is InChI=1S/C9H20N2O3S/c1-11(15(2,12)13)7-8-14-9-3-5-10-6-4-9/h9-10H,3-8H2,1-2H3. The molecule has 0 bridgehead atoms. The number of hydrogen-bond donors (Lipinski definition) is 1. The predicted molar refractivity (Wildman–Crippen MR) is 59.3 cm³/mol. The lowest BCUT2D eigenvalue weighted by atomic mass is 10.1. The van der Waals surface area contributed by atoms with Gasteiger partial charge in [-0.25, -0.2) is 12.7 Å². The molecule has 0 aromatic rings. The van der Waals surface area contributed by atoms with E-state index in [0.717, 1.165) is 25.9 Å². The van der Waals surface area contributed by atoms with Crippen molar-refractivity contribution in [1.82, 2.24) is 9.62 Å². The van der Waals surface area contributed by atoms with Crippen LogP contribution in [-0.2, 0) is 14.8 Å². The summed E-state index contributed by atoms with van der Waals surface area (Å²) in [6, 6.07) is 0. The van der Waals surface area contributed by atoms with Crippen LogP contribution in [0.2, 0.25) is 0 Å². The van der Waals surface area contributed by atoms with Gasteiger partial charge in [-0.1, -0.05) is 0 Å². The highest BCUT2D eigenvalue weighted by Crippen LogP contribution is 2.07. The van der Waals surface area contributed by atoms with Gasteiger partial charge in [0.25, 0.3) is 0 Å². The third kappa shape index (κ3) is 4.92. The maximum Gasteiger partial charge on any atom is 0.211 e. The fraction of sp³-hybridized carbons (Fsp3) is 1.00. The van der Waals surface area contributed by atoms with Crippen LogP contribution in [0.25, 0.3) is 0 Å². The Kier molecular flexibility index (Phi) is 4.98. The predicted octanol–water partition coefficient (Wildman–Crippen LogP) is -0.354. The molecule has 15 heavy (non-hydrogen) atoms. The van der Waals surface area contributed by atoms with Crippen LogP contribution < -0.4 is 5.32 Å².